The van der Waals surface area contributed by atoms with Gasteiger partial charge in [0.2, 0.25) is 0 Å². The summed E-state index contributed by atoms with van der Waals surface area (Å²) in [4.78, 5) is 7.82. The van der Waals surface area contributed by atoms with E-state index in [0.717, 1.165) is 18.8 Å². The van der Waals surface area contributed by atoms with Crippen LogP contribution in [0.15, 0.2) is 115 Å². The van der Waals surface area contributed by atoms with Gasteiger partial charge in [-0.05, 0) is 117 Å². The van der Waals surface area contributed by atoms with Crippen molar-refractivity contribution in [3.05, 3.63) is 164 Å². The van der Waals surface area contributed by atoms with Crippen molar-refractivity contribution in [1.29, 1.82) is 0 Å². The predicted octanol–water partition coefficient (Wildman–Crippen LogP) is 14.3. The molecular weight excluding hydrogens is 885 g/mol. The number of halogens is 6. The summed E-state index contributed by atoms with van der Waals surface area (Å²) in [6.07, 6.45) is 22.0. The molecule has 0 spiro atoms. The number of unbranched alkanes of at least 4 members (excludes halogenated alkanes) is 5. The van der Waals surface area contributed by atoms with E-state index in [4.69, 9.17) is 0 Å². The Bertz CT molecular complexity index is 1610. The predicted molar refractivity (Wildman–Crippen MR) is 236 cm³/mol. The number of nitrogens with zero attached hydrogens (tertiary/aromatic N) is 3. The third kappa shape index (κ3) is 18.1. The smallest absolute Gasteiger partial charge is 0.372 e. The van der Waals surface area contributed by atoms with Gasteiger partial charge in [-0.25, -0.2) is 0 Å². The van der Waals surface area contributed by atoms with Crippen LogP contribution in [0.25, 0.3) is 0 Å². The van der Waals surface area contributed by atoms with E-state index in [-0.39, 0.29) is 24.2 Å². The van der Waals surface area contributed by atoms with E-state index in [1.54, 1.807) is 0 Å². The Hall–Kier alpha value is -2.58. The Morgan fingerprint density at radius 3 is 1.20 bits per heavy atom. The fourth-order valence-electron chi connectivity index (χ4n) is 7.72. The maximum Gasteiger partial charge on any atom is 2.00 e. The maximum atomic E-state index is 9.87. The molecule has 0 amide bonds. The molecule has 4 aromatic rings. The van der Waals surface area contributed by atoms with Crippen molar-refractivity contribution in [2.24, 2.45) is 0 Å². The molecule has 321 valence electrons. The Balaban J connectivity index is 0.000000512. The molecule has 1 saturated carbocycles. The molecule has 3 nitrogen and oxygen atoms in total. The number of benzene rings is 4. The third-order valence-electron chi connectivity index (χ3n) is 10.6. The third-order valence-corrected chi connectivity index (χ3v) is 12.2. The van der Waals surface area contributed by atoms with Gasteiger partial charge < -0.3 is 9.80 Å². The van der Waals surface area contributed by atoms with E-state index >= 15 is 0 Å². The Kier molecular flexibility index (Phi) is 19.2. The van der Waals surface area contributed by atoms with Gasteiger partial charge in [-0.2, -0.15) is 0 Å². The van der Waals surface area contributed by atoms with Crippen molar-refractivity contribution in [3.8, 4) is 0 Å². The largest absolute Gasteiger partial charge is 2.00 e. The molecule has 12 heteroatoms. The van der Waals surface area contributed by atoms with E-state index in [9.17, 15) is 25.2 Å². The van der Waals surface area contributed by atoms with Crippen molar-refractivity contribution < 1.29 is 44.7 Å². The van der Waals surface area contributed by atoms with Crippen LogP contribution < -0.4 is 9.80 Å². The number of hydrogen-bond acceptors (Lipinski definition) is 4. The van der Waals surface area contributed by atoms with E-state index < -0.39 is 7.81 Å². The molecule has 0 atom stereocenters. The first kappa shape index (κ1) is 49.1. The van der Waals surface area contributed by atoms with Crippen LogP contribution in [0.1, 0.15) is 74.5 Å². The fraction of sp³-hybridized carbons (Fsp3) is 0.383. The second kappa shape index (κ2) is 23.0. The number of piperidine rings is 1. The molecule has 0 N–H and O–H groups in total. The molecule has 0 unspecified atom stereocenters. The van der Waals surface area contributed by atoms with Crippen LogP contribution in [-0.2, 0) is 24.2 Å². The molecule has 3 aliphatic rings. The zero-order chi connectivity index (χ0) is 41.2. The monoisotopic (exact) mass is 943 g/mol. The number of hydrogen-bond donors (Lipinski definition) is 0. The number of thioether (sulfide) groups is 1. The average Bonchev–Trinajstić information content (AvgIpc) is 3.83. The van der Waals surface area contributed by atoms with Gasteiger partial charge in [0.25, 0.3) is 0 Å². The van der Waals surface area contributed by atoms with Crippen molar-refractivity contribution in [3.63, 3.8) is 0 Å². The zero-order valence-electron chi connectivity index (χ0n) is 33.7. The molecule has 5 radical (unpaired) electrons. The summed E-state index contributed by atoms with van der Waals surface area (Å²) in [5.74, 6) is 1.16. The van der Waals surface area contributed by atoms with Gasteiger partial charge >= 0.3 is 52.5 Å². The van der Waals surface area contributed by atoms with E-state index in [1.165, 1.54) is 119 Å². The number of piperazine rings is 1. The molecule has 3 fully saturated rings. The molecule has 7 rings (SSSR count). The minimum atomic E-state index is -10.7. The first-order valence-corrected chi connectivity index (χ1v) is 23.7. The summed E-state index contributed by atoms with van der Waals surface area (Å²) in [5.41, 5.74) is 6.89. The minimum Gasteiger partial charge on any atom is -0.372 e. The van der Waals surface area contributed by atoms with E-state index in [0.29, 0.717) is 0 Å². The Morgan fingerprint density at radius 2 is 0.797 bits per heavy atom. The van der Waals surface area contributed by atoms with Crippen molar-refractivity contribution in [2.75, 3.05) is 61.4 Å². The summed E-state index contributed by atoms with van der Waals surface area (Å²) < 4.78 is 59.0. The maximum absolute atomic E-state index is 10.7. The van der Waals surface area contributed by atoms with Crippen LogP contribution in [0, 0.1) is 32.1 Å². The van der Waals surface area contributed by atoms with Crippen molar-refractivity contribution in [2.45, 2.75) is 62.5 Å². The molecule has 4 aromatic carbocycles. The standard InChI is InChI=1S/C42H53N3S.C5H5.F6P.Ru/c1(3-15-29-43-32-34-45(35-33-43)41-27-25-40(26-28-41)44-30-16-8-17-31-44)2-4-18-36-46-42(37-19-9-5-10-20-37,38-21-11-6-12-22-38)39-23-13-7-14-24-39;1-2-4-5-3-1;1-7(2,3,4,5)6;/h5-7,9-14,19-28H,1-4,8,15-18,29-36H2;1-5H;;/q;;-1;+2. The zero-order valence-corrected chi connectivity index (χ0v) is 37.1. The first-order valence-electron chi connectivity index (χ1n) is 20.6. The summed E-state index contributed by atoms with van der Waals surface area (Å²) >= 11 is 2.11. The molecule has 59 heavy (non-hydrogen) atoms. The SMILES string of the molecule is F[P-](F)(F)(F)(F)F.[CH]1[CH][CH][CH][CH]1.[Ru+2].c1ccc(C(SCCCCCCCCN2CCN(c3ccc(N4CCCCC4)cc3)CC2)(c2ccccc2)c2ccccc2)cc1. The van der Waals surface area contributed by atoms with Gasteiger partial charge in [-0.1, -0.05) is 117 Å². The number of anilines is 2. The average molecular weight is 943 g/mol. The molecule has 2 saturated heterocycles. The first-order chi connectivity index (χ1) is 27.8. The van der Waals surface area contributed by atoms with E-state index in [2.05, 4.69) is 142 Å². The number of rotatable bonds is 15. The van der Waals surface area contributed by atoms with Crippen LogP contribution in [-0.4, -0.2) is 56.5 Å². The molecule has 0 bridgehead atoms. The second-order valence-corrected chi connectivity index (χ2v) is 18.3. The molecule has 0 aromatic heterocycles. The molecule has 2 heterocycles. The second-order valence-electron chi connectivity index (χ2n) is 15.1. The van der Waals surface area contributed by atoms with Gasteiger partial charge in [0.15, 0.2) is 0 Å². The van der Waals surface area contributed by atoms with Crippen LogP contribution in [0.5, 0.6) is 0 Å². The fourth-order valence-corrected chi connectivity index (χ4v) is 9.28. The minimum absolute atomic E-state index is 0. The summed E-state index contributed by atoms with van der Waals surface area (Å²) in [5, 5.41) is 0. The normalized spacial score (nSPS) is 17.3. The molecule has 2 aliphatic heterocycles. The van der Waals surface area contributed by atoms with Crippen LogP contribution in [0.3, 0.4) is 0 Å². The van der Waals surface area contributed by atoms with Gasteiger partial charge in [-0.3, -0.25) is 4.90 Å². The van der Waals surface area contributed by atoms with Crippen molar-refractivity contribution in [1.82, 2.24) is 4.90 Å². The van der Waals surface area contributed by atoms with Crippen LogP contribution >= 0.6 is 19.6 Å². The molecule has 1 aliphatic carbocycles. The topological polar surface area (TPSA) is 9.72 Å². The van der Waals surface area contributed by atoms with Gasteiger partial charge in [0, 0.05) is 50.6 Å². The summed E-state index contributed by atoms with van der Waals surface area (Å²) in [6, 6.07) is 42.7. The van der Waals surface area contributed by atoms with Gasteiger partial charge in [0.05, 0.1) is 4.75 Å². The molecular formula is C47H58F6N3PRuS+. The van der Waals surface area contributed by atoms with E-state index in [1.807, 2.05) is 32.1 Å². The summed E-state index contributed by atoms with van der Waals surface area (Å²) in [6.45, 7) is 8.37. The van der Waals surface area contributed by atoms with Gasteiger partial charge in [0.1, 0.15) is 0 Å². The van der Waals surface area contributed by atoms with Gasteiger partial charge in [-0.15, -0.1) is 11.8 Å². The Labute approximate surface area is 366 Å². The van der Waals surface area contributed by atoms with Crippen LogP contribution in [0.4, 0.5) is 36.6 Å². The van der Waals surface area contributed by atoms with Crippen molar-refractivity contribution >= 4 is 30.9 Å². The summed E-state index contributed by atoms with van der Waals surface area (Å²) in [7, 11) is -10.7. The quantitative estimate of drug-likeness (QED) is 0.0386. The van der Waals surface area contributed by atoms with Crippen LogP contribution in [0.2, 0.25) is 0 Å². The Morgan fingerprint density at radius 1 is 0.441 bits per heavy atom.